The number of amides is 1. The molecule has 32 heavy (non-hydrogen) atoms. The first-order chi connectivity index (χ1) is 15.1. The Morgan fingerprint density at radius 1 is 1.22 bits per heavy atom. The Labute approximate surface area is 189 Å². The third kappa shape index (κ3) is 4.62. The van der Waals surface area contributed by atoms with Gasteiger partial charge in [0.05, 0.1) is 12.1 Å². The van der Waals surface area contributed by atoms with Gasteiger partial charge in [-0.2, -0.15) is 10.1 Å². The van der Waals surface area contributed by atoms with E-state index in [0.29, 0.717) is 11.3 Å². The molecular formula is C20H16Cl2F4N2O4. The molecule has 2 aromatic carbocycles. The number of hydrazone groups is 1. The minimum Gasteiger partial charge on any atom is -0.496 e. The van der Waals surface area contributed by atoms with Gasteiger partial charge < -0.3 is 14.6 Å². The number of ether oxygens (including phenoxy) is 2. The van der Waals surface area contributed by atoms with Crippen molar-refractivity contribution in [2.75, 3.05) is 7.11 Å². The third-order valence-electron chi connectivity index (χ3n) is 4.66. The molecule has 0 aliphatic carbocycles. The van der Waals surface area contributed by atoms with Crippen LogP contribution in [0.25, 0.3) is 0 Å². The summed E-state index contributed by atoms with van der Waals surface area (Å²) in [5.74, 6) is -0.661. The number of hydrogen-bond donors (Lipinski definition) is 1. The summed E-state index contributed by atoms with van der Waals surface area (Å²) in [7, 11) is 1.36. The highest BCUT2D eigenvalue weighted by molar-refractivity contribution is 6.42. The van der Waals surface area contributed by atoms with E-state index in [0.717, 1.165) is 0 Å². The second-order valence-electron chi connectivity index (χ2n) is 6.73. The second kappa shape index (κ2) is 9.51. The minimum absolute atomic E-state index is 0.0144. The number of hydrogen-bond acceptors (Lipinski definition) is 5. The predicted molar refractivity (Wildman–Crippen MR) is 109 cm³/mol. The van der Waals surface area contributed by atoms with Crippen LogP contribution in [-0.2, 0) is 6.61 Å². The normalized spacial score (nSPS) is 18.3. The number of carbonyl (C=O) groups excluding carboxylic acids is 1. The highest BCUT2D eigenvalue weighted by Gasteiger charge is 2.53. The van der Waals surface area contributed by atoms with Gasteiger partial charge in [0.2, 0.25) is 5.72 Å². The maximum absolute atomic E-state index is 13.4. The molecule has 1 aliphatic heterocycles. The Hall–Kier alpha value is -2.56. The maximum atomic E-state index is 13.4. The van der Waals surface area contributed by atoms with Crippen LogP contribution in [0.4, 0.5) is 17.6 Å². The number of methoxy groups -OCH3 is 1. The van der Waals surface area contributed by atoms with Crippen LogP contribution in [0.5, 0.6) is 11.5 Å². The molecule has 1 atom stereocenters. The van der Waals surface area contributed by atoms with Crippen LogP contribution in [0.2, 0.25) is 10.0 Å². The zero-order valence-electron chi connectivity index (χ0n) is 16.4. The standard InChI is InChI=1S/C20H16Cl2F4N2O4/c1-31-14-6-5-10(7-11(14)9-32-15-4-2-3-12(21)16(15)22)18(29)28-20(30,19(25)26)8-13(27-28)17(23)24/h2-7,17,19,30H,8-9H2,1H3/t20-/m1/s1. The van der Waals surface area contributed by atoms with Crippen molar-refractivity contribution >= 4 is 34.8 Å². The number of rotatable bonds is 7. The summed E-state index contributed by atoms with van der Waals surface area (Å²) in [4.78, 5) is 12.8. The average Bonchev–Trinajstić information content (AvgIpc) is 3.13. The summed E-state index contributed by atoms with van der Waals surface area (Å²) >= 11 is 12.0. The SMILES string of the molecule is COc1ccc(C(=O)N2N=C(C(F)F)C[C@@]2(O)C(F)F)cc1COc1cccc(Cl)c1Cl. The van der Waals surface area contributed by atoms with Crippen molar-refractivity contribution in [1.82, 2.24) is 5.01 Å². The molecule has 0 fully saturated rings. The van der Waals surface area contributed by atoms with Crippen LogP contribution in [0.3, 0.4) is 0 Å². The highest BCUT2D eigenvalue weighted by atomic mass is 35.5. The molecule has 0 radical (unpaired) electrons. The fourth-order valence-corrected chi connectivity index (χ4v) is 3.35. The second-order valence-corrected chi connectivity index (χ2v) is 7.52. The molecular weight excluding hydrogens is 479 g/mol. The van der Waals surface area contributed by atoms with Gasteiger partial charge in [-0.3, -0.25) is 4.79 Å². The van der Waals surface area contributed by atoms with E-state index in [1.54, 1.807) is 18.2 Å². The summed E-state index contributed by atoms with van der Waals surface area (Å²) in [6.45, 7) is -0.158. The molecule has 0 saturated carbocycles. The first-order valence-electron chi connectivity index (χ1n) is 9.02. The van der Waals surface area contributed by atoms with Gasteiger partial charge >= 0.3 is 0 Å². The number of halogens is 6. The van der Waals surface area contributed by atoms with E-state index in [1.807, 2.05) is 0 Å². The number of alkyl halides is 4. The Balaban J connectivity index is 1.91. The predicted octanol–water partition coefficient (Wildman–Crippen LogP) is 5.00. The molecule has 172 valence electrons. The van der Waals surface area contributed by atoms with E-state index >= 15 is 0 Å². The van der Waals surface area contributed by atoms with Crippen molar-refractivity contribution in [3.05, 3.63) is 57.6 Å². The summed E-state index contributed by atoms with van der Waals surface area (Å²) in [5, 5.41) is 13.8. The van der Waals surface area contributed by atoms with E-state index in [9.17, 15) is 27.5 Å². The van der Waals surface area contributed by atoms with Gasteiger partial charge in [0, 0.05) is 17.5 Å². The largest absolute Gasteiger partial charge is 0.496 e. The van der Waals surface area contributed by atoms with Crippen molar-refractivity contribution < 1.29 is 36.9 Å². The van der Waals surface area contributed by atoms with E-state index in [-0.39, 0.29) is 33.0 Å². The highest BCUT2D eigenvalue weighted by Crippen LogP contribution is 2.36. The Kier molecular flexibility index (Phi) is 7.16. The van der Waals surface area contributed by atoms with Gasteiger partial charge in [-0.1, -0.05) is 29.3 Å². The summed E-state index contributed by atoms with van der Waals surface area (Å²) < 4.78 is 63.7. The zero-order valence-corrected chi connectivity index (χ0v) is 17.9. The summed E-state index contributed by atoms with van der Waals surface area (Å²) in [5.41, 5.74) is -4.10. The molecule has 6 nitrogen and oxygen atoms in total. The first-order valence-corrected chi connectivity index (χ1v) is 9.78. The topological polar surface area (TPSA) is 71.4 Å². The first kappa shape index (κ1) is 24.1. The molecule has 1 heterocycles. The molecule has 0 saturated heterocycles. The minimum atomic E-state index is -3.53. The average molecular weight is 495 g/mol. The smallest absolute Gasteiger partial charge is 0.287 e. The van der Waals surface area contributed by atoms with Gasteiger partial charge in [0.1, 0.15) is 28.8 Å². The molecule has 1 aliphatic rings. The van der Waals surface area contributed by atoms with E-state index in [1.165, 1.54) is 25.3 Å². The van der Waals surface area contributed by atoms with E-state index < -0.39 is 36.6 Å². The molecule has 1 N–H and O–H groups in total. The van der Waals surface area contributed by atoms with E-state index in [2.05, 4.69) is 5.10 Å². The zero-order chi connectivity index (χ0) is 23.6. The van der Waals surface area contributed by atoms with Crippen LogP contribution < -0.4 is 9.47 Å². The lowest BCUT2D eigenvalue weighted by Gasteiger charge is -2.30. The molecule has 2 aromatic rings. The molecule has 3 rings (SSSR count). The molecule has 0 spiro atoms. The lowest BCUT2D eigenvalue weighted by atomic mass is 10.1. The molecule has 0 bridgehead atoms. The lowest BCUT2D eigenvalue weighted by Crippen LogP contribution is -2.51. The number of nitrogens with zero attached hydrogens (tertiary/aromatic N) is 2. The number of carbonyl (C=O) groups is 1. The monoisotopic (exact) mass is 494 g/mol. The Morgan fingerprint density at radius 3 is 2.56 bits per heavy atom. The Morgan fingerprint density at radius 2 is 1.94 bits per heavy atom. The van der Waals surface area contributed by atoms with Crippen molar-refractivity contribution in [1.29, 1.82) is 0 Å². The molecule has 1 amide bonds. The fourth-order valence-electron chi connectivity index (χ4n) is 3.00. The van der Waals surface area contributed by atoms with Crippen LogP contribution in [0.15, 0.2) is 41.5 Å². The molecule has 0 aromatic heterocycles. The maximum Gasteiger partial charge on any atom is 0.287 e. The van der Waals surface area contributed by atoms with Gasteiger partial charge in [-0.15, -0.1) is 0 Å². The number of aliphatic hydroxyl groups is 1. The third-order valence-corrected chi connectivity index (χ3v) is 5.46. The van der Waals surface area contributed by atoms with E-state index in [4.69, 9.17) is 32.7 Å². The van der Waals surface area contributed by atoms with Crippen molar-refractivity contribution in [3.63, 3.8) is 0 Å². The van der Waals surface area contributed by atoms with Gasteiger partial charge in [-0.25, -0.2) is 17.6 Å². The van der Waals surface area contributed by atoms with Crippen LogP contribution in [-0.4, -0.2) is 47.4 Å². The summed E-state index contributed by atoms with van der Waals surface area (Å²) in [6.07, 6.45) is -7.91. The fraction of sp³-hybridized carbons (Fsp3) is 0.300. The van der Waals surface area contributed by atoms with Gasteiger partial charge in [-0.05, 0) is 30.3 Å². The van der Waals surface area contributed by atoms with Crippen LogP contribution >= 0.6 is 23.2 Å². The lowest BCUT2D eigenvalue weighted by molar-refractivity contribution is -0.164. The quantitative estimate of drug-likeness (QED) is 0.549. The molecule has 12 heteroatoms. The van der Waals surface area contributed by atoms with Crippen molar-refractivity contribution in [2.45, 2.75) is 31.6 Å². The number of benzene rings is 2. The van der Waals surface area contributed by atoms with Gasteiger partial charge in [0.15, 0.2) is 0 Å². The van der Waals surface area contributed by atoms with Crippen molar-refractivity contribution in [3.8, 4) is 11.5 Å². The van der Waals surface area contributed by atoms with Crippen LogP contribution in [0.1, 0.15) is 22.3 Å². The Bertz CT molecular complexity index is 1050. The van der Waals surface area contributed by atoms with Crippen molar-refractivity contribution in [2.24, 2.45) is 5.10 Å². The summed E-state index contributed by atoms with van der Waals surface area (Å²) in [6, 6.07) is 8.56. The molecule has 0 unspecified atom stereocenters. The van der Waals surface area contributed by atoms with Crippen LogP contribution in [0, 0.1) is 0 Å². The van der Waals surface area contributed by atoms with Gasteiger partial charge in [0.25, 0.3) is 18.8 Å².